The molecule has 1 aromatic carbocycles. The number of rotatable bonds is 6. The lowest BCUT2D eigenvalue weighted by Gasteiger charge is -2.39. The van der Waals surface area contributed by atoms with E-state index >= 15 is 4.39 Å². The number of halogens is 2. The summed E-state index contributed by atoms with van der Waals surface area (Å²) < 4.78 is 60.9. The highest BCUT2D eigenvalue weighted by Crippen LogP contribution is 2.42. The number of hydrogen-bond acceptors (Lipinski definition) is 9. The Morgan fingerprint density at radius 2 is 2.03 bits per heavy atom. The van der Waals surface area contributed by atoms with Crippen molar-refractivity contribution in [3.05, 3.63) is 18.2 Å². The molecule has 6 atom stereocenters. The van der Waals surface area contributed by atoms with Gasteiger partial charge in [-0.1, -0.05) is 6.07 Å². The Morgan fingerprint density at radius 3 is 2.87 bits per heavy atom. The van der Waals surface area contributed by atoms with Crippen LogP contribution in [-0.4, -0.2) is 97.4 Å². The van der Waals surface area contributed by atoms with Crippen molar-refractivity contribution in [3.8, 4) is 11.8 Å². The van der Waals surface area contributed by atoms with E-state index < -0.39 is 24.9 Å². The molecule has 1 aromatic heterocycles. The molecule has 0 spiro atoms. The minimum atomic E-state index is -1.55. The monoisotopic (exact) mass is 546 g/mol. The van der Waals surface area contributed by atoms with Crippen LogP contribution in [0.5, 0.6) is 11.8 Å². The van der Waals surface area contributed by atoms with Gasteiger partial charge in [0.1, 0.15) is 37.1 Å². The van der Waals surface area contributed by atoms with Gasteiger partial charge >= 0.3 is 6.01 Å². The first-order valence-corrected chi connectivity index (χ1v) is 14.3. The summed E-state index contributed by atoms with van der Waals surface area (Å²) in [5.41, 5.74) is 0.267. The lowest BCUT2D eigenvalue weighted by Crippen LogP contribution is -2.52. The van der Waals surface area contributed by atoms with E-state index in [4.69, 9.17) is 28.7 Å². The Bertz CT molecular complexity index is 1180. The van der Waals surface area contributed by atoms with Crippen LogP contribution in [0.1, 0.15) is 44.9 Å². The zero-order chi connectivity index (χ0) is 26.4. The summed E-state index contributed by atoms with van der Waals surface area (Å²) in [5, 5.41) is 0.636. The Kier molecular flexibility index (Phi) is 6.94. The molecule has 4 unspecified atom stereocenters. The van der Waals surface area contributed by atoms with Gasteiger partial charge in [-0.15, -0.1) is 0 Å². The van der Waals surface area contributed by atoms with Gasteiger partial charge in [0.15, 0.2) is 6.29 Å². The van der Waals surface area contributed by atoms with Crippen molar-refractivity contribution in [2.45, 2.75) is 81.4 Å². The second kappa shape index (κ2) is 10.6. The van der Waals surface area contributed by atoms with Gasteiger partial charge in [0.2, 0.25) is 6.30 Å². The summed E-state index contributed by atoms with van der Waals surface area (Å²) in [6.07, 6.45) is 1.94. The molecule has 6 heterocycles. The van der Waals surface area contributed by atoms with Gasteiger partial charge in [-0.3, -0.25) is 4.90 Å². The Labute approximate surface area is 226 Å². The SMILES string of the molecule is FC1C(OC2CCCCO2)COc2cccc3nc(OC[C@@]45CCCN4C[C@H](F)C5)nc(c23)N1C1CCOC1. The van der Waals surface area contributed by atoms with Crippen LogP contribution >= 0.6 is 0 Å². The minimum Gasteiger partial charge on any atom is -0.490 e. The number of alkyl halides is 2. The van der Waals surface area contributed by atoms with Crippen LogP contribution in [0.15, 0.2) is 18.2 Å². The highest BCUT2D eigenvalue weighted by Gasteiger charge is 2.49. The molecule has 5 aliphatic heterocycles. The maximum Gasteiger partial charge on any atom is 0.319 e. The number of hydrogen-bond donors (Lipinski definition) is 0. The van der Waals surface area contributed by atoms with E-state index in [1.165, 1.54) is 0 Å². The van der Waals surface area contributed by atoms with Crippen LogP contribution < -0.4 is 14.4 Å². The lowest BCUT2D eigenvalue weighted by molar-refractivity contribution is -0.205. The summed E-state index contributed by atoms with van der Waals surface area (Å²) in [5.74, 6) is 0.974. The standard InChI is InChI=1S/C28H36F2N4O5/c29-18-13-28(9-4-10-33(28)14-18)17-38-27-31-20-5-3-6-21-24(20)26(32-27)34(19-8-12-35-15-19)25(30)22(16-37-21)39-23-7-1-2-11-36-23/h3,5-6,18-19,22-23,25H,1-2,4,7-17H2/t18-,19?,22?,23?,25?,28+/m1/s1. The minimum absolute atomic E-state index is 0.0324. The number of anilines is 1. The molecule has 212 valence electrons. The smallest absolute Gasteiger partial charge is 0.319 e. The number of benzene rings is 1. The fourth-order valence-corrected chi connectivity index (χ4v) is 6.91. The van der Waals surface area contributed by atoms with Gasteiger partial charge in [0.05, 0.1) is 29.1 Å². The summed E-state index contributed by atoms with van der Waals surface area (Å²) >= 11 is 0. The summed E-state index contributed by atoms with van der Waals surface area (Å²) in [4.78, 5) is 13.4. The van der Waals surface area contributed by atoms with Crippen LogP contribution in [0.2, 0.25) is 0 Å². The average Bonchev–Trinajstić information content (AvgIpc) is 3.66. The zero-order valence-corrected chi connectivity index (χ0v) is 22.1. The second-order valence-corrected chi connectivity index (χ2v) is 11.4. The molecule has 39 heavy (non-hydrogen) atoms. The predicted molar refractivity (Wildman–Crippen MR) is 139 cm³/mol. The molecule has 0 aliphatic carbocycles. The van der Waals surface area contributed by atoms with Crippen molar-refractivity contribution in [2.24, 2.45) is 0 Å². The van der Waals surface area contributed by atoms with Gasteiger partial charge < -0.3 is 28.6 Å². The molecule has 0 radical (unpaired) electrons. The van der Waals surface area contributed by atoms with E-state index in [0.717, 1.165) is 38.6 Å². The molecule has 0 N–H and O–H groups in total. The topological polar surface area (TPSA) is 78.4 Å². The summed E-state index contributed by atoms with van der Waals surface area (Å²) in [6, 6.07) is 5.48. The van der Waals surface area contributed by atoms with Crippen LogP contribution in [-0.2, 0) is 14.2 Å². The third-order valence-electron chi connectivity index (χ3n) is 8.86. The molecule has 4 saturated heterocycles. The highest BCUT2D eigenvalue weighted by molar-refractivity contribution is 5.95. The normalized spacial score (nSPS) is 35.0. The van der Waals surface area contributed by atoms with Gasteiger partial charge in [-0.25, -0.2) is 8.78 Å². The number of ether oxygens (including phenoxy) is 5. The molecule has 0 bridgehead atoms. The number of fused-ring (bicyclic) bond motifs is 1. The van der Waals surface area contributed by atoms with E-state index in [0.29, 0.717) is 68.3 Å². The third-order valence-corrected chi connectivity index (χ3v) is 8.86. The van der Waals surface area contributed by atoms with E-state index in [2.05, 4.69) is 9.88 Å². The quantitative estimate of drug-likeness (QED) is 0.503. The first-order valence-electron chi connectivity index (χ1n) is 14.3. The number of nitrogens with zero attached hydrogens (tertiary/aromatic N) is 4. The molecule has 11 heteroatoms. The Morgan fingerprint density at radius 1 is 1.08 bits per heavy atom. The van der Waals surface area contributed by atoms with Crippen LogP contribution in [0, 0.1) is 0 Å². The number of aromatic nitrogens is 2. The lowest BCUT2D eigenvalue weighted by atomic mass is 9.95. The molecule has 4 fully saturated rings. The largest absolute Gasteiger partial charge is 0.490 e. The third kappa shape index (κ3) is 4.81. The molecular weight excluding hydrogens is 510 g/mol. The van der Waals surface area contributed by atoms with Crippen molar-refractivity contribution in [1.29, 1.82) is 0 Å². The van der Waals surface area contributed by atoms with E-state index in [-0.39, 0.29) is 24.2 Å². The van der Waals surface area contributed by atoms with Crippen LogP contribution in [0.4, 0.5) is 14.6 Å². The van der Waals surface area contributed by atoms with Gasteiger partial charge in [0.25, 0.3) is 0 Å². The van der Waals surface area contributed by atoms with E-state index in [1.807, 2.05) is 18.2 Å². The second-order valence-electron chi connectivity index (χ2n) is 11.4. The van der Waals surface area contributed by atoms with E-state index in [1.54, 1.807) is 4.90 Å². The van der Waals surface area contributed by atoms with Crippen LogP contribution in [0.3, 0.4) is 0 Å². The van der Waals surface area contributed by atoms with Crippen LogP contribution in [0.25, 0.3) is 10.9 Å². The fourth-order valence-electron chi connectivity index (χ4n) is 6.91. The average molecular weight is 547 g/mol. The maximum absolute atomic E-state index is 16.6. The predicted octanol–water partition coefficient (Wildman–Crippen LogP) is 3.78. The van der Waals surface area contributed by atoms with Crippen molar-refractivity contribution < 1.29 is 32.5 Å². The van der Waals surface area contributed by atoms with E-state index in [9.17, 15) is 4.39 Å². The molecule has 0 saturated carbocycles. The molecule has 9 nitrogen and oxygen atoms in total. The maximum atomic E-state index is 16.6. The zero-order valence-electron chi connectivity index (χ0n) is 22.1. The molecular formula is C28H36F2N4O5. The summed E-state index contributed by atoms with van der Waals surface area (Å²) in [6.45, 7) is 3.18. The van der Waals surface area contributed by atoms with Gasteiger partial charge in [0, 0.05) is 26.2 Å². The molecule has 0 amide bonds. The molecule has 5 aliphatic rings. The van der Waals surface area contributed by atoms with Gasteiger partial charge in [-0.05, 0) is 57.2 Å². The van der Waals surface area contributed by atoms with Crippen molar-refractivity contribution >= 4 is 16.7 Å². The van der Waals surface area contributed by atoms with Crippen molar-refractivity contribution in [3.63, 3.8) is 0 Å². The Hall–Kier alpha value is -2.34. The fraction of sp³-hybridized carbons (Fsp3) is 0.714. The molecule has 2 aromatic rings. The highest BCUT2D eigenvalue weighted by atomic mass is 19.1. The van der Waals surface area contributed by atoms with Crippen molar-refractivity contribution in [1.82, 2.24) is 14.9 Å². The first-order chi connectivity index (χ1) is 19.1. The van der Waals surface area contributed by atoms with Crippen molar-refractivity contribution in [2.75, 3.05) is 51.0 Å². The first kappa shape index (κ1) is 25.6. The van der Waals surface area contributed by atoms with Gasteiger partial charge in [-0.2, -0.15) is 9.97 Å². The summed E-state index contributed by atoms with van der Waals surface area (Å²) in [7, 11) is 0. The molecule has 7 rings (SSSR count). The Balaban J connectivity index is 1.24.